The summed E-state index contributed by atoms with van der Waals surface area (Å²) in [5, 5.41) is 3.47. The quantitative estimate of drug-likeness (QED) is 0.672. The van der Waals surface area contributed by atoms with E-state index < -0.39 is 0 Å². The van der Waals surface area contributed by atoms with Crippen LogP contribution in [0.15, 0.2) is 0 Å². The third kappa shape index (κ3) is 5.31. The van der Waals surface area contributed by atoms with Crippen molar-refractivity contribution >= 4 is 0 Å². The fourth-order valence-electron chi connectivity index (χ4n) is 2.56. The maximum absolute atomic E-state index is 3.47. The molecule has 0 amide bonds. The van der Waals surface area contributed by atoms with E-state index in [1.165, 1.54) is 58.3 Å². The van der Waals surface area contributed by atoms with Crippen LogP contribution in [0, 0.1) is 5.92 Å². The molecule has 0 bridgehead atoms. The molecule has 0 aromatic rings. The molecule has 0 radical (unpaired) electrons. The zero-order valence-electron chi connectivity index (χ0n) is 11.5. The molecule has 2 atom stereocenters. The average molecular weight is 226 g/mol. The van der Waals surface area contributed by atoms with Crippen molar-refractivity contribution in [2.24, 2.45) is 5.92 Å². The van der Waals surface area contributed by atoms with Gasteiger partial charge in [-0.3, -0.25) is 0 Å². The van der Waals surface area contributed by atoms with Crippen LogP contribution in [0.4, 0.5) is 0 Å². The average Bonchev–Trinajstić information content (AvgIpc) is 2.28. The fourth-order valence-corrected chi connectivity index (χ4v) is 2.56. The van der Waals surface area contributed by atoms with Gasteiger partial charge >= 0.3 is 0 Å². The molecule has 0 aliphatic carbocycles. The van der Waals surface area contributed by atoms with Crippen molar-refractivity contribution in [3.05, 3.63) is 0 Å². The minimum absolute atomic E-state index is 0.819. The van der Waals surface area contributed by atoms with Crippen molar-refractivity contribution in [2.75, 3.05) is 26.2 Å². The van der Waals surface area contributed by atoms with Crippen LogP contribution in [0.1, 0.15) is 52.9 Å². The first-order valence-corrected chi connectivity index (χ1v) is 7.18. The lowest BCUT2D eigenvalue weighted by atomic mass is 9.95. The Kier molecular flexibility index (Phi) is 7.06. The molecule has 1 rings (SSSR count). The van der Waals surface area contributed by atoms with Gasteiger partial charge in [-0.25, -0.2) is 0 Å². The zero-order valence-corrected chi connectivity index (χ0v) is 11.5. The SMILES string of the molecule is CCCNCCCCN1CC(C)CCC1C. The van der Waals surface area contributed by atoms with Crippen molar-refractivity contribution < 1.29 is 0 Å². The van der Waals surface area contributed by atoms with Crippen molar-refractivity contribution in [1.82, 2.24) is 10.2 Å². The van der Waals surface area contributed by atoms with Crippen molar-refractivity contribution in [3.63, 3.8) is 0 Å². The van der Waals surface area contributed by atoms with Gasteiger partial charge in [-0.15, -0.1) is 0 Å². The molecule has 0 aromatic carbocycles. The summed E-state index contributed by atoms with van der Waals surface area (Å²) >= 11 is 0. The number of likely N-dealkylation sites (tertiary alicyclic amines) is 1. The zero-order chi connectivity index (χ0) is 11.8. The Bertz CT molecular complexity index is 170. The van der Waals surface area contributed by atoms with Gasteiger partial charge in [-0.2, -0.15) is 0 Å². The maximum atomic E-state index is 3.47. The molecule has 0 spiro atoms. The lowest BCUT2D eigenvalue weighted by Crippen LogP contribution is -2.41. The van der Waals surface area contributed by atoms with Gasteiger partial charge in [-0.05, 0) is 64.6 Å². The summed E-state index contributed by atoms with van der Waals surface area (Å²) in [6.07, 6.45) is 6.76. The molecule has 1 aliphatic heterocycles. The summed E-state index contributed by atoms with van der Waals surface area (Å²) in [6, 6.07) is 0.819. The van der Waals surface area contributed by atoms with Gasteiger partial charge in [0.2, 0.25) is 0 Å². The number of hydrogen-bond donors (Lipinski definition) is 1. The molecule has 1 aliphatic rings. The van der Waals surface area contributed by atoms with Gasteiger partial charge in [0.15, 0.2) is 0 Å². The summed E-state index contributed by atoms with van der Waals surface area (Å²) in [4.78, 5) is 2.69. The Morgan fingerprint density at radius 1 is 1.12 bits per heavy atom. The summed E-state index contributed by atoms with van der Waals surface area (Å²) in [5.74, 6) is 0.911. The Balaban J connectivity index is 2.02. The fraction of sp³-hybridized carbons (Fsp3) is 1.00. The van der Waals surface area contributed by atoms with E-state index in [4.69, 9.17) is 0 Å². The predicted octanol–water partition coefficient (Wildman–Crippen LogP) is 2.89. The minimum atomic E-state index is 0.819. The molecule has 0 aromatic heterocycles. The summed E-state index contributed by atoms with van der Waals surface area (Å²) in [5.41, 5.74) is 0. The van der Waals surface area contributed by atoms with Crippen LogP contribution in [0.25, 0.3) is 0 Å². The molecule has 1 N–H and O–H groups in total. The smallest absolute Gasteiger partial charge is 0.00671 e. The van der Waals surface area contributed by atoms with Gasteiger partial charge < -0.3 is 10.2 Å². The van der Waals surface area contributed by atoms with Crippen LogP contribution in [0.2, 0.25) is 0 Å². The molecule has 16 heavy (non-hydrogen) atoms. The molecule has 2 nitrogen and oxygen atoms in total. The Labute approximate surface area is 102 Å². The molecule has 0 saturated carbocycles. The number of nitrogens with zero attached hydrogens (tertiary/aromatic N) is 1. The van der Waals surface area contributed by atoms with E-state index in [1.54, 1.807) is 0 Å². The van der Waals surface area contributed by atoms with Crippen LogP contribution in [0.3, 0.4) is 0 Å². The van der Waals surface area contributed by atoms with Gasteiger partial charge in [-0.1, -0.05) is 13.8 Å². The molecule has 96 valence electrons. The summed E-state index contributed by atoms with van der Waals surface area (Å²) in [6.45, 7) is 12.0. The predicted molar refractivity (Wildman–Crippen MR) is 71.8 cm³/mol. The topological polar surface area (TPSA) is 15.3 Å². The first-order valence-electron chi connectivity index (χ1n) is 7.18. The number of rotatable bonds is 7. The van der Waals surface area contributed by atoms with E-state index >= 15 is 0 Å². The van der Waals surface area contributed by atoms with Crippen molar-refractivity contribution in [1.29, 1.82) is 0 Å². The third-order valence-corrected chi connectivity index (χ3v) is 3.72. The van der Waals surface area contributed by atoms with E-state index in [2.05, 4.69) is 31.0 Å². The van der Waals surface area contributed by atoms with Crippen LogP contribution in [-0.2, 0) is 0 Å². The first-order chi connectivity index (χ1) is 7.74. The second-order valence-corrected chi connectivity index (χ2v) is 5.48. The van der Waals surface area contributed by atoms with E-state index in [0.29, 0.717) is 0 Å². The Morgan fingerprint density at radius 2 is 1.94 bits per heavy atom. The van der Waals surface area contributed by atoms with E-state index in [1.807, 2.05) is 0 Å². The highest BCUT2D eigenvalue weighted by Gasteiger charge is 2.21. The van der Waals surface area contributed by atoms with E-state index in [-0.39, 0.29) is 0 Å². The lowest BCUT2D eigenvalue weighted by Gasteiger charge is -2.36. The molecule has 1 saturated heterocycles. The second-order valence-electron chi connectivity index (χ2n) is 5.48. The number of unbranched alkanes of at least 4 members (excludes halogenated alkanes) is 1. The van der Waals surface area contributed by atoms with E-state index in [0.717, 1.165) is 12.0 Å². The lowest BCUT2D eigenvalue weighted by molar-refractivity contribution is 0.123. The van der Waals surface area contributed by atoms with Gasteiger partial charge in [0.25, 0.3) is 0 Å². The highest BCUT2D eigenvalue weighted by molar-refractivity contribution is 4.76. The molecule has 1 heterocycles. The second kappa shape index (κ2) is 8.08. The monoisotopic (exact) mass is 226 g/mol. The normalized spacial score (nSPS) is 27.2. The standard InChI is InChI=1S/C14H30N2/c1-4-9-15-10-5-6-11-16-12-13(2)7-8-14(16)3/h13-15H,4-12H2,1-3H3. The maximum Gasteiger partial charge on any atom is 0.00671 e. The van der Waals surface area contributed by atoms with Crippen LogP contribution in [0.5, 0.6) is 0 Å². The summed E-state index contributed by atoms with van der Waals surface area (Å²) < 4.78 is 0. The number of hydrogen-bond acceptors (Lipinski definition) is 2. The van der Waals surface area contributed by atoms with Crippen molar-refractivity contribution in [2.45, 2.75) is 58.9 Å². The Hall–Kier alpha value is -0.0800. The molecule has 1 fully saturated rings. The van der Waals surface area contributed by atoms with Crippen LogP contribution >= 0.6 is 0 Å². The van der Waals surface area contributed by atoms with Gasteiger partial charge in [0.05, 0.1) is 0 Å². The summed E-state index contributed by atoms with van der Waals surface area (Å²) in [7, 11) is 0. The van der Waals surface area contributed by atoms with Crippen LogP contribution in [-0.4, -0.2) is 37.1 Å². The number of piperidine rings is 1. The van der Waals surface area contributed by atoms with Gasteiger partial charge in [0.1, 0.15) is 0 Å². The molecule has 2 heteroatoms. The highest BCUT2D eigenvalue weighted by atomic mass is 15.2. The van der Waals surface area contributed by atoms with Gasteiger partial charge in [0, 0.05) is 12.6 Å². The van der Waals surface area contributed by atoms with E-state index in [9.17, 15) is 0 Å². The first kappa shape index (κ1) is 14.0. The largest absolute Gasteiger partial charge is 0.317 e. The minimum Gasteiger partial charge on any atom is -0.317 e. The highest BCUT2D eigenvalue weighted by Crippen LogP contribution is 2.21. The Morgan fingerprint density at radius 3 is 2.69 bits per heavy atom. The van der Waals surface area contributed by atoms with Crippen LogP contribution < -0.4 is 5.32 Å². The molecular formula is C14H30N2. The third-order valence-electron chi connectivity index (χ3n) is 3.72. The number of nitrogens with one attached hydrogen (secondary N) is 1. The molecular weight excluding hydrogens is 196 g/mol. The molecule has 2 unspecified atom stereocenters. The van der Waals surface area contributed by atoms with Crippen molar-refractivity contribution in [3.8, 4) is 0 Å².